The molecular weight excluding hydrogens is 813 g/mol. The smallest absolute Gasteiger partial charge is 0.262 e. The van der Waals surface area contributed by atoms with Crippen molar-refractivity contribution in [2.24, 2.45) is 23.7 Å². The van der Waals surface area contributed by atoms with Gasteiger partial charge in [0.2, 0.25) is 23.6 Å². The molecule has 2 saturated heterocycles. The molecule has 0 unspecified atom stereocenters. The second-order valence-electron chi connectivity index (χ2n) is 17.7. The predicted octanol–water partition coefficient (Wildman–Crippen LogP) is 8.37. The maximum atomic E-state index is 14.1. The number of benzene rings is 6. The van der Waals surface area contributed by atoms with Crippen LogP contribution in [-0.2, 0) is 51.3 Å². The Morgan fingerprint density at radius 2 is 0.738 bits per heavy atom. The molecule has 0 spiro atoms. The maximum Gasteiger partial charge on any atom is 0.262 e. The van der Waals surface area contributed by atoms with E-state index in [1.54, 1.807) is 57.7 Å². The zero-order chi connectivity index (χ0) is 44.1. The van der Waals surface area contributed by atoms with Crippen molar-refractivity contribution in [3.8, 4) is 0 Å². The van der Waals surface area contributed by atoms with Crippen molar-refractivity contribution in [3.63, 3.8) is 0 Å². The van der Waals surface area contributed by atoms with Gasteiger partial charge < -0.3 is 0 Å². The Hall–Kier alpha value is -7.98. The molecule has 2 aromatic heterocycles. The minimum absolute atomic E-state index is 0.158. The summed E-state index contributed by atoms with van der Waals surface area (Å²) in [5.74, 6) is -3.49. The van der Waals surface area contributed by atoms with Crippen molar-refractivity contribution in [2.75, 3.05) is 9.80 Å². The minimum Gasteiger partial charge on any atom is -0.280 e. The standard InChI is InChI=1S/C55H40N4O6/c60-50(34-11-3-1-4-12-34)58-46-17-9-7-15-38(46)40-28-42-44(30-48(40)58)54(64)56(52(42)62)36-23-19-32(20-24-36)27-33-21-25-37(26-22-33)57-53(63)43-29-41-39-16-8-10-18-47(39)59(49(41)31-45(43)55(57)65)51(61)35-13-5-2-6-14-35/h1-26,42-45H,27-31H2/t42-,43-,44+,45+/m0/s1. The summed E-state index contributed by atoms with van der Waals surface area (Å²) >= 11 is 0. The van der Waals surface area contributed by atoms with E-state index in [2.05, 4.69) is 0 Å². The van der Waals surface area contributed by atoms with Gasteiger partial charge in [-0.25, -0.2) is 0 Å². The van der Waals surface area contributed by atoms with Gasteiger partial charge in [-0.05, 0) is 102 Å². The summed E-state index contributed by atoms with van der Waals surface area (Å²) in [6.45, 7) is 0. The van der Waals surface area contributed by atoms with Crippen LogP contribution in [0.4, 0.5) is 11.4 Å². The van der Waals surface area contributed by atoms with Gasteiger partial charge in [-0.1, -0.05) is 97.1 Å². The zero-order valence-electron chi connectivity index (χ0n) is 35.1. The van der Waals surface area contributed by atoms with E-state index in [1.807, 2.05) is 109 Å². The first-order chi connectivity index (χ1) is 31.7. The maximum absolute atomic E-state index is 14.1. The van der Waals surface area contributed by atoms with Crippen LogP contribution < -0.4 is 9.80 Å². The van der Waals surface area contributed by atoms with Gasteiger partial charge in [-0.3, -0.25) is 47.7 Å². The first kappa shape index (κ1) is 38.7. The first-order valence-corrected chi connectivity index (χ1v) is 22.1. The molecule has 8 aromatic rings. The quantitative estimate of drug-likeness (QED) is 0.155. The third-order valence-corrected chi connectivity index (χ3v) is 14.2. The van der Waals surface area contributed by atoms with Crippen molar-refractivity contribution in [1.82, 2.24) is 9.13 Å². The molecular formula is C55H40N4O6. The van der Waals surface area contributed by atoms with E-state index in [0.29, 0.717) is 54.6 Å². The SMILES string of the molecule is O=C1[C@H]2Cc3c(n(C(=O)c4ccccc4)c4ccccc34)C[C@H]2C(=O)N1c1ccc(Cc2ccc(N3C(=O)[C@H]4Cc5c(n(C(=O)c6ccccc6)c6ccccc56)C[C@H]4C3=O)cc2)cc1. The molecule has 0 N–H and O–H groups in total. The zero-order valence-corrected chi connectivity index (χ0v) is 35.1. The summed E-state index contributed by atoms with van der Waals surface area (Å²) in [4.78, 5) is 86.8. The highest BCUT2D eigenvalue weighted by molar-refractivity contribution is 6.23. The highest BCUT2D eigenvalue weighted by Gasteiger charge is 2.53. The van der Waals surface area contributed by atoms with Crippen LogP contribution in [0.1, 0.15) is 54.4 Å². The summed E-state index contributed by atoms with van der Waals surface area (Å²) in [6, 6.07) is 48.6. The van der Waals surface area contributed by atoms with Gasteiger partial charge in [0.05, 0.1) is 46.1 Å². The van der Waals surface area contributed by atoms with Crippen LogP contribution in [0.3, 0.4) is 0 Å². The molecule has 4 amide bonds. The van der Waals surface area contributed by atoms with Gasteiger partial charge in [0.25, 0.3) is 11.8 Å². The minimum atomic E-state index is -0.578. The van der Waals surface area contributed by atoms with Gasteiger partial charge in [0.1, 0.15) is 0 Å². The molecule has 0 radical (unpaired) electrons. The summed E-state index contributed by atoms with van der Waals surface area (Å²) in [7, 11) is 0. The molecule has 6 aromatic carbocycles. The van der Waals surface area contributed by atoms with Crippen LogP contribution in [-0.4, -0.2) is 44.6 Å². The Morgan fingerprint density at radius 3 is 1.12 bits per heavy atom. The lowest BCUT2D eigenvalue weighted by molar-refractivity contribution is -0.124. The number of rotatable bonds is 6. The third kappa shape index (κ3) is 5.93. The Balaban J connectivity index is 0.750. The number of para-hydroxylation sites is 2. The average molecular weight is 853 g/mol. The monoisotopic (exact) mass is 852 g/mol. The lowest BCUT2D eigenvalue weighted by atomic mass is 9.79. The molecule has 2 fully saturated rings. The average Bonchev–Trinajstić information content (AvgIpc) is 4.01. The fourth-order valence-electron chi connectivity index (χ4n) is 11.1. The number of amides is 4. The van der Waals surface area contributed by atoms with Crippen LogP contribution in [0.15, 0.2) is 158 Å². The lowest BCUT2D eigenvalue weighted by Crippen LogP contribution is -2.31. The highest BCUT2D eigenvalue weighted by atomic mass is 16.2. The van der Waals surface area contributed by atoms with Crippen molar-refractivity contribution in [3.05, 3.63) is 202 Å². The normalized spacial score (nSPS) is 20.0. The van der Waals surface area contributed by atoms with E-state index in [-0.39, 0.29) is 35.4 Å². The number of nitrogens with zero attached hydrogens (tertiary/aromatic N) is 4. The van der Waals surface area contributed by atoms with Crippen LogP contribution in [0.25, 0.3) is 21.8 Å². The van der Waals surface area contributed by atoms with Crippen LogP contribution in [0, 0.1) is 23.7 Å². The van der Waals surface area contributed by atoms with E-state index in [0.717, 1.165) is 55.4 Å². The van der Waals surface area contributed by atoms with Crippen molar-refractivity contribution >= 4 is 68.6 Å². The fourth-order valence-corrected chi connectivity index (χ4v) is 11.1. The molecule has 4 heterocycles. The number of aromatic nitrogens is 2. The Kier molecular flexibility index (Phi) is 8.81. The largest absolute Gasteiger partial charge is 0.280 e. The molecule has 4 aliphatic rings. The summed E-state index contributed by atoms with van der Waals surface area (Å²) < 4.78 is 3.47. The van der Waals surface area contributed by atoms with Crippen molar-refractivity contribution < 1.29 is 28.8 Å². The molecule has 12 rings (SSSR count). The number of imide groups is 2. The summed E-state index contributed by atoms with van der Waals surface area (Å²) in [6.07, 6.45) is 1.88. The number of hydrogen-bond acceptors (Lipinski definition) is 6. The van der Waals surface area contributed by atoms with E-state index in [1.165, 1.54) is 9.80 Å². The van der Waals surface area contributed by atoms with Gasteiger partial charge >= 0.3 is 0 Å². The predicted molar refractivity (Wildman–Crippen MR) is 246 cm³/mol. The van der Waals surface area contributed by atoms with E-state index in [4.69, 9.17) is 0 Å². The Morgan fingerprint density at radius 1 is 0.400 bits per heavy atom. The number of carbonyl (C=O) groups is 6. The van der Waals surface area contributed by atoms with Crippen LogP contribution in [0.2, 0.25) is 0 Å². The van der Waals surface area contributed by atoms with Gasteiger partial charge in [0, 0.05) is 46.1 Å². The van der Waals surface area contributed by atoms with Gasteiger partial charge in [-0.15, -0.1) is 0 Å². The van der Waals surface area contributed by atoms with Crippen molar-refractivity contribution in [2.45, 2.75) is 32.1 Å². The van der Waals surface area contributed by atoms with E-state index in [9.17, 15) is 28.8 Å². The Labute approximate surface area is 373 Å². The lowest BCUT2D eigenvalue weighted by Gasteiger charge is -2.23. The molecule has 10 heteroatoms. The third-order valence-electron chi connectivity index (χ3n) is 14.2. The number of hydrogen-bond donors (Lipinski definition) is 0. The van der Waals surface area contributed by atoms with Gasteiger partial charge in [0.15, 0.2) is 0 Å². The molecule has 10 nitrogen and oxygen atoms in total. The summed E-state index contributed by atoms with van der Waals surface area (Å²) in [5.41, 5.74) is 9.08. The molecule has 0 bridgehead atoms. The molecule has 0 saturated carbocycles. The van der Waals surface area contributed by atoms with Crippen molar-refractivity contribution in [1.29, 1.82) is 0 Å². The van der Waals surface area contributed by atoms with Crippen LogP contribution in [0.5, 0.6) is 0 Å². The van der Waals surface area contributed by atoms with Gasteiger partial charge in [-0.2, -0.15) is 0 Å². The Bertz CT molecular complexity index is 3110. The highest BCUT2D eigenvalue weighted by Crippen LogP contribution is 2.45. The van der Waals surface area contributed by atoms with E-state index < -0.39 is 23.7 Å². The molecule has 4 atom stereocenters. The molecule has 2 aliphatic carbocycles. The molecule has 316 valence electrons. The van der Waals surface area contributed by atoms with Crippen LogP contribution >= 0.6 is 0 Å². The number of anilines is 2. The number of fused-ring (bicyclic) bond motifs is 8. The first-order valence-electron chi connectivity index (χ1n) is 22.1. The molecule has 65 heavy (non-hydrogen) atoms. The second-order valence-corrected chi connectivity index (χ2v) is 17.7. The van der Waals surface area contributed by atoms with E-state index >= 15 is 0 Å². The number of carbonyl (C=O) groups excluding carboxylic acids is 6. The fraction of sp³-hybridized carbons (Fsp3) is 0.164. The summed E-state index contributed by atoms with van der Waals surface area (Å²) in [5, 5.41) is 1.85. The second kappa shape index (κ2) is 14.8. The topological polar surface area (TPSA) is 119 Å². The molecule has 2 aliphatic heterocycles.